The number of amidine groups is 1. The summed E-state index contributed by atoms with van der Waals surface area (Å²) in [5.74, 6) is 6.87. The molecule has 0 aliphatic carbocycles. The molecule has 1 aromatic carbocycles. The van der Waals surface area contributed by atoms with E-state index in [0.717, 1.165) is 62.2 Å². The van der Waals surface area contributed by atoms with Gasteiger partial charge in [-0.3, -0.25) is 10.0 Å². The summed E-state index contributed by atoms with van der Waals surface area (Å²) in [7, 11) is 0. The van der Waals surface area contributed by atoms with E-state index in [1.54, 1.807) is 12.4 Å². The summed E-state index contributed by atoms with van der Waals surface area (Å²) in [6.45, 7) is 5.08. The lowest BCUT2D eigenvalue weighted by atomic mass is 9.96. The summed E-state index contributed by atoms with van der Waals surface area (Å²) in [6, 6.07) is 5.04. The van der Waals surface area contributed by atoms with Crippen molar-refractivity contribution < 1.29 is 4.39 Å². The van der Waals surface area contributed by atoms with E-state index in [1.807, 2.05) is 24.3 Å². The summed E-state index contributed by atoms with van der Waals surface area (Å²) >= 11 is 0. The zero-order valence-electron chi connectivity index (χ0n) is 15.0. The lowest BCUT2D eigenvalue weighted by molar-refractivity contribution is 0.311. The number of hydrogen-bond donors (Lipinski definition) is 2. The second kappa shape index (κ2) is 6.47. The van der Waals surface area contributed by atoms with Crippen molar-refractivity contribution in [3.8, 4) is 0 Å². The number of nitrogens with zero attached hydrogens (tertiary/aromatic N) is 5. The van der Waals surface area contributed by atoms with Crippen LogP contribution in [0.25, 0.3) is 0 Å². The van der Waals surface area contributed by atoms with Crippen LogP contribution in [0.15, 0.2) is 51.7 Å². The molecule has 0 bridgehead atoms. The van der Waals surface area contributed by atoms with Crippen LogP contribution >= 0.6 is 0 Å². The fraction of sp³-hybridized carbons (Fsp3) is 0.368. The molecule has 0 saturated carbocycles. The highest BCUT2D eigenvalue weighted by molar-refractivity contribution is 5.97. The van der Waals surface area contributed by atoms with E-state index in [-0.39, 0.29) is 5.82 Å². The Balaban J connectivity index is 1.53. The smallest absolute Gasteiger partial charge is 0.131 e. The van der Waals surface area contributed by atoms with Crippen LogP contribution in [0.2, 0.25) is 0 Å². The second-order valence-electron chi connectivity index (χ2n) is 7.03. The van der Waals surface area contributed by atoms with Crippen molar-refractivity contribution in [2.45, 2.75) is 6.04 Å². The molecule has 5 rings (SSSR count). The molecular formula is C19H22FN7. The number of halogens is 1. The molecule has 8 heteroatoms. The molecule has 27 heavy (non-hydrogen) atoms. The fourth-order valence-corrected chi connectivity index (χ4v) is 4.13. The van der Waals surface area contributed by atoms with Crippen LogP contribution in [0, 0.1) is 5.82 Å². The largest absolute Gasteiger partial charge is 0.369 e. The maximum Gasteiger partial charge on any atom is 0.131 e. The molecule has 4 aliphatic rings. The van der Waals surface area contributed by atoms with Crippen molar-refractivity contribution in [2.75, 3.05) is 44.2 Å². The maximum atomic E-state index is 15.2. The quantitative estimate of drug-likeness (QED) is 0.763. The van der Waals surface area contributed by atoms with Gasteiger partial charge in [-0.15, -0.1) is 0 Å². The number of nitrogens with one attached hydrogen (secondary N) is 1. The summed E-state index contributed by atoms with van der Waals surface area (Å²) in [4.78, 5) is 13.2. The molecule has 1 fully saturated rings. The SMILES string of the molecule is NN1C=NC2=C(C1c1ccc(N3CCNCC3)cc1F)N1CCN=C1C=C2. The van der Waals surface area contributed by atoms with Crippen molar-refractivity contribution in [3.05, 3.63) is 53.1 Å². The highest BCUT2D eigenvalue weighted by Crippen LogP contribution is 2.39. The molecule has 1 unspecified atom stereocenters. The van der Waals surface area contributed by atoms with E-state index < -0.39 is 6.04 Å². The first-order chi connectivity index (χ1) is 13.2. The van der Waals surface area contributed by atoms with Gasteiger partial charge in [0, 0.05) is 44.0 Å². The van der Waals surface area contributed by atoms with E-state index in [4.69, 9.17) is 5.84 Å². The number of hydrogen-bond acceptors (Lipinski definition) is 7. The van der Waals surface area contributed by atoms with Gasteiger partial charge in [-0.2, -0.15) is 0 Å². The average Bonchev–Trinajstić information content (AvgIpc) is 3.18. The van der Waals surface area contributed by atoms with Crippen LogP contribution in [0.1, 0.15) is 11.6 Å². The number of fused-ring (bicyclic) bond motifs is 2. The monoisotopic (exact) mass is 367 g/mol. The summed E-state index contributed by atoms with van der Waals surface area (Å²) in [5, 5.41) is 4.80. The second-order valence-corrected chi connectivity index (χ2v) is 7.03. The molecule has 0 aromatic heterocycles. The van der Waals surface area contributed by atoms with Crippen molar-refractivity contribution in [1.82, 2.24) is 15.2 Å². The molecule has 1 atom stereocenters. The molecule has 0 spiro atoms. The Labute approximate surface area is 157 Å². The number of rotatable bonds is 2. The van der Waals surface area contributed by atoms with Gasteiger partial charge >= 0.3 is 0 Å². The number of benzene rings is 1. The molecule has 1 aromatic rings. The summed E-state index contributed by atoms with van der Waals surface area (Å²) in [5.41, 5.74) is 3.17. The lowest BCUT2D eigenvalue weighted by Crippen LogP contribution is -2.45. The third kappa shape index (κ3) is 2.72. The normalized spacial score (nSPS) is 24.3. The minimum atomic E-state index is -0.428. The molecule has 7 nitrogen and oxygen atoms in total. The number of anilines is 1. The Kier molecular flexibility index (Phi) is 3.95. The molecule has 0 amide bonds. The Morgan fingerprint density at radius 3 is 2.81 bits per heavy atom. The molecule has 4 aliphatic heterocycles. The lowest BCUT2D eigenvalue weighted by Gasteiger charge is -2.38. The minimum Gasteiger partial charge on any atom is -0.369 e. The van der Waals surface area contributed by atoms with Gasteiger partial charge < -0.3 is 15.1 Å². The van der Waals surface area contributed by atoms with Crippen molar-refractivity contribution >= 4 is 17.9 Å². The first-order valence-corrected chi connectivity index (χ1v) is 9.29. The van der Waals surface area contributed by atoms with Crippen molar-refractivity contribution in [3.63, 3.8) is 0 Å². The molecular weight excluding hydrogens is 345 g/mol. The van der Waals surface area contributed by atoms with Crippen LogP contribution in [-0.4, -0.2) is 61.4 Å². The molecule has 4 heterocycles. The van der Waals surface area contributed by atoms with E-state index in [9.17, 15) is 0 Å². The van der Waals surface area contributed by atoms with Gasteiger partial charge in [0.2, 0.25) is 0 Å². The molecule has 3 N–H and O–H groups in total. The fourth-order valence-electron chi connectivity index (χ4n) is 4.13. The Morgan fingerprint density at radius 2 is 2.00 bits per heavy atom. The van der Waals surface area contributed by atoms with E-state index in [1.165, 1.54) is 5.01 Å². The van der Waals surface area contributed by atoms with Gasteiger partial charge in [0.1, 0.15) is 24.0 Å². The molecule has 0 radical (unpaired) electrons. The average molecular weight is 367 g/mol. The van der Waals surface area contributed by atoms with Crippen LogP contribution in [0.3, 0.4) is 0 Å². The molecule has 140 valence electrons. The van der Waals surface area contributed by atoms with Crippen LogP contribution in [0.5, 0.6) is 0 Å². The highest BCUT2D eigenvalue weighted by Gasteiger charge is 2.36. The minimum absolute atomic E-state index is 0.249. The number of nitrogens with two attached hydrogens (primary N) is 1. The topological polar surface area (TPSA) is 72.5 Å². The van der Waals surface area contributed by atoms with E-state index in [2.05, 4.69) is 25.1 Å². The van der Waals surface area contributed by atoms with Crippen LogP contribution in [-0.2, 0) is 0 Å². The van der Waals surface area contributed by atoms with Gasteiger partial charge in [0.15, 0.2) is 0 Å². The zero-order chi connectivity index (χ0) is 18.4. The van der Waals surface area contributed by atoms with Gasteiger partial charge in [-0.05, 0) is 24.3 Å². The number of hydrazine groups is 1. The zero-order valence-corrected chi connectivity index (χ0v) is 15.0. The summed E-state index contributed by atoms with van der Waals surface area (Å²) in [6.07, 6.45) is 5.45. The molecule has 1 saturated heterocycles. The van der Waals surface area contributed by atoms with Gasteiger partial charge in [-0.25, -0.2) is 15.2 Å². The number of aliphatic imine (C=N–C) groups is 2. The third-order valence-corrected chi connectivity index (χ3v) is 5.47. The maximum absolute atomic E-state index is 15.2. The van der Waals surface area contributed by atoms with E-state index in [0.29, 0.717) is 5.56 Å². The first-order valence-electron chi connectivity index (χ1n) is 9.29. The third-order valence-electron chi connectivity index (χ3n) is 5.47. The Bertz CT molecular complexity index is 882. The predicted octanol–water partition coefficient (Wildman–Crippen LogP) is 0.990. The first kappa shape index (κ1) is 16.5. The number of piperazine rings is 1. The van der Waals surface area contributed by atoms with E-state index >= 15 is 4.39 Å². The highest BCUT2D eigenvalue weighted by atomic mass is 19.1. The van der Waals surface area contributed by atoms with Gasteiger partial charge in [-0.1, -0.05) is 6.07 Å². The van der Waals surface area contributed by atoms with Gasteiger partial charge in [0.05, 0.1) is 17.9 Å². The van der Waals surface area contributed by atoms with Crippen molar-refractivity contribution in [1.29, 1.82) is 0 Å². The Morgan fingerprint density at radius 1 is 1.15 bits per heavy atom. The van der Waals surface area contributed by atoms with Crippen LogP contribution in [0.4, 0.5) is 10.1 Å². The van der Waals surface area contributed by atoms with Crippen molar-refractivity contribution in [2.24, 2.45) is 15.8 Å². The standard InChI is InChI=1S/C19H22FN7/c20-15-11-13(25-8-5-22-6-9-25)1-2-14(15)18-19-16(24-12-27(18)21)3-4-17-23-7-10-26(17)19/h1-4,11-12,18,22H,5-10,21H2. The summed E-state index contributed by atoms with van der Waals surface area (Å²) < 4.78 is 15.2. The Hall–Kier alpha value is -2.71. The number of allylic oxidation sites excluding steroid dienone is 1. The predicted molar refractivity (Wildman–Crippen MR) is 104 cm³/mol. The van der Waals surface area contributed by atoms with Crippen LogP contribution < -0.4 is 16.1 Å². The van der Waals surface area contributed by atoms with Gasteiger partial charge in [0.25, 0.3) is 0 Å².